The second-order valence-corrected chi connectivity index (χ2v) is 10.5. The number of nitrogens with zero attached hydrogens (tertiary/aromatic N) is 3. The van der Waals surface area contributed by atoms with Gasteiger partial charge in [0.15, 0.2) is 9.84 Å². The highest BCUT2D eigenvalue weighted by atomic mass is 32.2. The summed E-state index contributed by atoms with van der Waals surface area (Å²) in [6.45, 7) is 4.35. The third-order valence-corrected chi connectivity index (χ3v) is 7.97. The Morgan fingerprint density at radius 1 is 1.07 bits per heavy atom. The first kappa shape index (κ1) is 20.3. The standard InChI is InChI=1S/C22H29N3O3S/c1-23(20-9-14-29(27,28)17-20)16-22(26)25-12-10-24(11-13-25)15-19-7-4-6-18-5-2-3-8-21(18)19/h2-8,20H,9-17H2,1H3/t20-/m0/s1. The quantitative estimate of drug-likeness (QED) is 0.742. The van der Waals surface area contributed by atoms with Crippen LogP contribution in [0.4, 0.5) is 0 Å². The molecule has 156 valence electrons. The molecule has 29 heavy (non-hydrogen) atoms. The number of fused-ring (bicyclic) bond motifs is 1. The molecule has 2 aliphatic rings. The van der Waals surface area contributed by atoms with Gasteiger partial charge in [0.2, 0.25) is 5.91 Å². The molecule has 2 heterocycles. The number of amides is 1. The van der Waals surface area contributed by atoms with Gasteiger partial charge in [-0.1, -0.05) is 42.5 Å². The molecule has 0 saturated carbocycles. The molecule has 2 aromatic carbocycles. The lowest BCUT2D eigenvalue weighted by molar-refractivity contribution is -0.134. The summed E-state index contributed by atoms with van der Waals surface area (Å²) in [6, 6.07) is 14.9. The summed E-state index contributed by atoms with van der Waals surface area (Å²) >= 11 is 0. The van der Waals surface area contributed by atoms with Crippen LogP contribution in [-0.4, -0.2) is 86.3 Å². The summed E-state index contributed by atoms with van der Waals surface area (Å²) in [7, 11) is -1.07. The first-order chi connectivity index (χ1) is 13.9. The van der Waals surface area contributed by atoms with E-state index in [0.717, 1.165) is 32.7 Å². The van der Waals surface area contributed by atoms with Gasteiger partial charge in [-0.25, -0.2) is 8.42 Å². The molecular formula is C22H29N3O3S. The second-order valence-electron chi connectivity index (χ2n) is 8.27. The van der Waals surface area contributed by atoms with E-state index in [-0.39, 0.29) is 23.5 Å². The molecule has 2 aliphatic heterocycles. The van der Waals surface area contributed by atoms with Crippen LogP contribution < -0.4 is 0 Å². The normalized spacial score (nSPS) is 22.4. The number of piperazine rings is 1. The predicted molar refractivity (Wildman–Crippen MR) is 115 cm³/mol. The van der Waals surface area contributed by atoms with Gasteiger partial charge in [0.05, 0.1) is 18.1 Å². The molecule has 0 N–H and O–H groups in total. The first-order valence-corrected chi connectivity index (χ1v) is 12.1. The average Bonchev–Trinajstić information content (AvgIpc) is 3.09. The molecule has 0 radical (unpaired) electrons. The molecule has 2 saturated heterocycles. The van der Waals surface area contributed by atoms with Crippen LogP contribution >= 0.6 is 0 Å². The van der Waals surface area contributed by atoms with Crippen LogP contribution in [-0.2, 0) is 21.2 Å². The number of rotatable bonds is 5. The van der Waals surface area contributed by atoms with Gasteiger partial charge < -0.3 is 4.90 Å². The lowest BCUT2D eigenvalue weighted by Gasteiger charge is -2.36. The van der Waals surface area contributed by atoms with Gasteiger partial charge in [-0.15, -0.1) is 0 Å². The van der Waals surface area contributed by atoms with Crippen molar-refractivity contribution in [3.05, 3.63) is 48.0 Å². The van der Waals surface area contributed by atoms with E-state index in [9.17, 15) is 13.2 Å². The largest absolute Gasteiger partial charge is 0.339 e. The van der Waals surface area contributed by atoms with Crippen molar-refractivity contribution < 1.29 is 13.2 Å². The van der Waals surface area contributed by atoms with Crippen LogP contribution in [0.3, 0.4) is 0 Å². The third-order valence-electron chi connectivity index (χ3n) is 6.22. The fourth-order valence-corrected chi connectivity index (χ4v) is 6.20. The van der Waals surface area contributed by atoms with Gasteiger partial charge in [0, 0.05) is 38.8 Å². The maximum atomic E-state index is 12.7. The van der Waals surface area contributed by atoms with Crippen LogP contribution in [0, 0.1) is 0 Å². The highest BCUT2D eigenvalue weighted by Crippen LogP contribution is 2.21. The maximum Gasteiger partial charge on any atom is 0.236 e. The number of sulfone groups is 1. The van der Waals surface area contributed by atoms with Gasteiger partial charge in [0.25, 0.3) is 0 Å². The van der Waals surface area contributed by atoms with Crippen molar-refractivity contribution in [3.63, 3.8) is 0 Å². The lowest BCUT2D eigenvalue weighted by Crippen LogP contribution is -2.51. The molecule has 0 aliphatic carbocycles. The first-order valence-electron chi connectivity index (χ1n) is 10.3. The highest BCUT2D eigenvalue weighted by molar-refractivity contribution is 7.91. The number of carbonyl (C=O) groups is 1. The molecular weight excluding hydrogens is 386 g/mol. The molecule has 2 fully saturated rings. The van der Waals surface area contributed by atoms with Crippen molar-refractivity contribution >= 4 is 26.5 Å². The average molecular weight is 416 g/mol. The maximum absolute atomic E-state index is 12.7. The second kappa shape index (κ2) is 8.42. The van der Waals surface area contributed by atoms with Crippen molar-refractivity contribution in [2.24, 2.45) is 0 Å². The zero-order chi connectivity index (χ0) is 20.4. The SMILES string of the molecule is CN(CC(=O)N1CCN(Cc2cccc3ccccc23)CC1)[C@H]1CCS(=O)(=O)C1. The van der Waals surface area contributed by atoms with Crippen molar-refractivity contribution in [1.82, 2.24) is 14.7 Å². The van der Waals surface area contributed by atoms with Crippen LogP contribution in [0.15, 0.2) is 42.5 Å². The Hall–Kier alpha value is -1.96. The van der Waals surface area contributed by atoms with Crippen molar-refractivity contribution in [3.8, 4) is 0 Å². The zero-order valence-corrected chi connectivity index (χ0v) is 17.8. The van der Waals surface area contributed by atoms with E-state index in [1.165, 1.54) is 16.3 Å². The Balaban J connectivity index is 1.29. The Morgan fingerprint density at radius 3 is 2.52 bits per heavy atom. The third kappa shape index (κ3) is 4.79. The van der Waals surface area contributed by atoms with Crippen LogP contribution in [0.2, 0.25) is 0 Å². The van der Waals surface area contributed by atoms with Gasteiger partial charge >= 0.3 is 0 Å². The summed E-state index contributed by atoms with van der Waals surface area (Å²) in [5.74, 6) is 0.514. The minimum atomic E-state index is -2.93. The smallest absolute Gasteiger partial charge is 0.236 e. The molecule has 6 nitrogen and oxygen atoms in total. The van der Waals surface area contributed by atoms with E-state index >= 15 is 0 Å². The van der Waals surface area contributed by atoms with Crippen molar-refractivity contribution in [1.29, 1.82) is 0 Å². The molecule has 0 unspecified atom stereocenters. The van der Waals surface area contributed by atoms with E-state index in [1.807, 2.05) is 16.8 Å². The van der Waals surface area contributed by atoms with Crippen LogP contribution in [0.25, 0.3) is 10.8 Å². The zero-order valence-electron chi connectivity index (χ0n) is 17.0. The summed E-state index contributed by atoms with van der Waals surface area (Å²) in [6.07, 6.45) is 0.630. The number of hydrogen-bond donors (Lipinski definition) is 0. The summed E-state index contributed by atoms with van der Waals surface area (Å²) in [5, 5.41) is 2.55. The van der Waals surface area contributed by atoms with Gasteiger partial charge in [-0.2, -0.15) is 0 Å². The highest BCUT2D eigenvalue weighted by Gasteiger charge is 2.32. The number of hydrogen-bond acceptors (Lipinski definition) is 5. The van der Waals surface area contributed by atoms with E-state index in [0.29, 0.717) is 13.0 Å². The minimum Gasteiger partial charge on any atom is -0.339 e. The molecule has 0 bridgehead atoms. The molecule has 4 rings (SSSR count). The predicted octanol–water partition coefficient (Wildman–Crippen LogP) is 1.60. The van der Waals surface area contributed by atoms with Crippen molar-refractivity contribution in [2.45, 2.75) is 19.0 Å². The topological polar surface area (TPSA) is 60.9 Å². The molecule has 2 aromatic rings. The van der Waals surface area contributed by atoms with Crippen LogP contribution in [0.5, 0.6) is 0 Å². The number of carbonyl (C=O) groups excluding carboxylic acids is 1. The van der Waals surface area contributed by atoms with Gasteiger partial charge in [-0.3, -0.25) is 14.6 Å². The Kier molecular flexibility index (Phi) is 5.90. The lowest BCUT2D eigenvalue weighted by atomic mass is 10.0. The van der Waals surface area contributed by atoms with E-state index in [1.54, 1.807) is 0 Å². The van der Waals surface area contributed by atoms with Gasteiger partial charge in [-0.05, 0) is 29.8 Å². The van der Waals surface area contributed by atoms with Crippen LogP contribution in [0.1, 0.15) is 12.0 Å². The minimum absolute atomic E-state index is 0.0309. The molecule has 1 atom stereocenters. The Labute approximate surface area is 173 Å². The number of likely N-dealkylation sites (N-methyl/N-ethyl adjacent to an activating group) is 1. The van der Waals surface area contributed by atoms with E-state index < -0.39 is 9.84 Å². The van der Waals surface area contributed by atoms with E-state index in [2.05, 4.69) is 47.4 Å². The van der Waals surface area contributed by atoms with Crippen molar-refractivity contribution in [2.75, 3.05) is 51.3 Å². The summed E-state index contributed by atoms with van der Waals surface area (Å²) in [4.78, 5) is 18.9. The molecule has 7 heteroatoms. The fraction of sp³-hybridized carbons (Fsp3) is 0.500. The monoisotopic (exact) mass is 415 g/mol. The summed E-state index contributed by atoms with van der Waals surface area (Å²) < 4.78 is 23.3. The fourth-order valence-electron chi connectivity index (χ4n) is 4.39. The number of benzene rings is 2. The molecule has 1 amide bonds. The molecule has 0 aromatic heterocycles. The summed E-state index contributed by atoms with van der Waals surface area (Å²) in [5.41, 5.74) is 1.32. The Bertz CT molecular complexity index is 978. The van der Waals surface area contributed by atoms with Gasteiger partial charge in [0.1, 0.15) is 0 Å². The van der Waals surface area contributed by atoms with E-state index in [4.69, 9.17) is 0 Å². The Morgan fingerprint density at radius 2 is 1.79 bits per heavy atom. The molecule has 0 spiro atoms.